The zero-order valence-corrected chi connectivity index (χ0v) is 9.52. The lowest BCUT2D eigenvalue weighted by Crippen LogP contribution is -1.94. The van der Waals surface area contributed by atoms with E-state index in [4.69, 9.17) is 15.2 Å². The molecule has 1 aromatic heterocycles. The highest BCUT2D eigenvalue weighted by Crippen LogP contribution is 2.43. The first kappa shape index (κ1) is 11.1. The summed E-state index contributed by atoms with van der Waals surface area (Å²) in [7, 11) is 3.03. The van der Waals surface area contributed by atoms with Gasteiger partial charge in [-0.3, -0.25) is 5.10 Å². The smallest absolute Gasteiger partial charge is 0.173 e. The van der Waals surface area contributed by atoms with Crippen molar-refractivity contribution in [2.24, 2.45) is 0 Å². The monoisotopic (exact) mass is 235 g/mol. The van der Waals surface area contributed by atoms with Crippen molar-refractivity contribution in [1.82, 2.24) is 10.2 Å². The van der Waals surface area contributed by atoms with E-state index in [2.05, 4.69) is 10.2 Å². The first-order valence-electron chi connectivity index (χ1n) is 4.92. The summed E-state index contributed by atoms with van der Waals surface area (Å²) in [6.07, 6.45) is 0. The average Bonchev–Trinajstić information content (AvgIpc) is 2.74. The summed E-state index contributed by atoms with van der Waals surface area (Å²) < 4.78 is 10.4. The Bertz CT molecular complexity index is 537. The highest BCUT2D eigenvalue weighted by molar-refractivity contribution is 5.78. The van der Waals surface area contributed by atoms with Gasteiger partial charge in [-0.25, -0.2) is 0 Å². The molecule has 0 saturated heterocycles. The molecule has 2 rings (SSSR count). The molecule has 0 saturated carbocycles. The standard InChI is InChI=1S/C11H13N3O3/c1-16-8-4-3-7(15)10(11(8)17-2)6-5-9(12)14-13-6/h3-5,15H,1-2H3,(H3,12,13,14). The number of methoxy groups -OCH3 is 2. The molecule has 0 aliphatic heterocycles. The van der Waals surface area contributed by atoms with E-state index in [1.807, 2.05) is 0 Å². The molecule has 0 aliphatic rings. The topological polar surface area (TPSA) is 93.4 Å². The van der Waals surface area contributed by atoms with Gasteiger partial charge in [-0.15, -0.1) is 0 Å². The average molecular weight is 235 g/mol. The number of aromatic nitrogens is 2. The number of phenols is 1. The molecular weight excluding hydrogens is 222 g/mol. The molecule has 0 spiro atoms. The second kappa shape index (κ2) is 4.25. The zero-order valence-electron chi connectivity index (χ0n) is 9.52. The van der Waals surface area contributed by atoms with E-state index in [0.29, 0.717) is 28.6 Å². The van der Waals surface area contributed by atoms with Crippen LogP contribution >= 0.6 is 0 Å². The summed E-state index contributed by atoms with van der Waals surface area (Å²) in [4.78, 5) is 0. The normalized spacial score (nSPS) is 10.2. The van der Waals surface area contributed by atoms with E-state index in [1.54, 1.807) is 12.1 Å². The molecule has 90 valence electrons. The first-order chi connectivity index (χ1) is 8.17. The quantitative estimate of drug-likeness (QED) is 0.747. The number of hydrogen-bond acceptors (Lipinski definition) is 5. The predicted octanol–water partition coefficient (Wildman–Crippen LogP) is 1.38. The number of H-pyrrole nitrogens is 1. The minimum atomic E-state index is 0.0614. The van der Waals surface area contributed by atoms with Gasteiger partial charge in [-0.05, 0) is 12.1 Å². The third kappa shape index (κ3) is 1.84. The van der Waals surface area contributed by atoms with Gasteiger partial charge < -0.3 is 20.3 Å². The van der Waals surface area contributed by atoms with Crippen LogP contribution in [0, 0.1) is 0 Å². The molecule has 0 aliphatic carbocycles. The molecule has 0 amide bonds. The Morgan fingerprint density at radius 2 is 2.06 bits per heavy atom. The van der Waals surface area contributed by atoms with Gasteiger partial charge in [0.05, 0.1) is 25.5 Å². The summed E-state index contributed by atoms with van der Waals surface area (Å²) in [5, 5.41) is 16.4. The number of nitrogen functional groups attached to an aromatic ring is 1. The van der Waals surface area contributed by atoms with Crippen molar-refractivity contribution in [3.63, 3.8) is 0 Å². The number of aromatic hydroxyl groups is 1. The van der Waals surface area contributed by atoms with Crippen molar-refractivity contribution in [2.75, 3.05) is 20.0 Å². The Morgan fingerprint density at radius 3 is 2.59 bits per heavy atom. The lowest BCUT2D eigenvalue weighted by atomic mass is 10.1. The van der Waals surface area contributed by atoms with Crippen molar-refractivity contribution < 1.29 is 14.6 Å². The maximum atomic E-state index is 9.88. The zero-order chi connectivity index (χ0) is 12.4. The van der Waals surface area contributed by atoms with Gasteiger partial charge in [0.1, 0.15) is 11.6 Å². The van der Waals surface area contributed by atoms with E-state index in [9.17, 15) is 5.11 Å². The number of phenolic OH excluding ortho intramolecular Hbond substituents is 1. The van der Waals surface area contributed by atoms with Crippen molar-refractivity contribution in [3.8, 4) is 28.5 Å². The Balaban J connectivity index is 2.66. The molecule has 2 aromatic rings. The molecule has 4 N–H and O–H groups in total. The van der Waals surface area contributed by atoms with Crippen LogP contribution in [0.1, 0.15) is 0 Å². The number of rotatable bonds is 3. The van der Waals surface area contributed by atoms with Gasteiger partial charge >= 0.3 is 0 Å². The van der Waals surface area contributed by atoms with Crippen molar-refractivity contribution in [2.45, 2.75) is 0 Å². The summed E-state index contributed by atoms with van der Waals surface area (Å²) in [6, 6.07) is 4.75. The first-order valence-corrected chi connectivity index (χ1v) is 4.92. The second-order valence-electron chi connectivity index (χ2n) is 3.40. The molecule has 17 heavy (non-hydrogen) atoms. The number of nitrogens with two attached hydrogens (primary N) is 1. The molecule has 1 heterocycles. The molecule has 0 unspecified atom stereocenters. The SMILES string of the molecule is COc1ccc(O)c(-c2cc(N)n[nH]2)c1OC. The van der Waals surface area contributed by atoms with E-state index in [0.717, 1.165) is 0 Å². The number of anilines is 1. The lowest BCUT2D eigenvalue weighted by Gasteiger charge is -2.12. The van der Waals surface area contributed by atoms with Crippen LogP contribution in [0.15, 0.2) is 18.2 Å². The van der Waals surface area contributed by atoms with E-state index < -0.39 is 0 Å². The predicted molar refractivity (Wildman–Crippen MR) is 63.2 cm³/mol. The third-order valence-electron chi connectivity index (χ3n) is 2.39. The molecule has 6 nitrogen and oxygen atoms in total. The van der Waals surface area contributed by atoms with Gasteiger partial charge in [0, 0.05) is 6.07 Å². The molecule has 1 aromatic carbocycles. The highest BCUT2D eigenvalue weighted by atomic mass is 16.5. The summed E-state index contributed by atoms with van der Waals surface area (Å²) in [5.74, 6) is 1.35. The van der Waals surface area contributed by atoms with Crippen molar-refractivity contribution >= 4 is 5.82 Å². The molecule has 0 fully saturated rings. The van der Waals surface area contributed by atoms with Crippen LogP contribution in [0.2, 0.25) is 0 Å². The second-order valence-corrected chi connectivity index (χ2v) is 3.40. The van der Waals surface area contributed by atoms with Gasteiger partial charge in [-0.1, -0.05) is 0 Å². The highest BCUT2D eigenvalue weighted by Gasteiger charge is 2.18. The minimum Gasteiger partial charge on any atom is -0.507 e. The van der Waals surface area contributed by atoms with Gasteiger partial charge in [0.25, 0.3) is 0 Å². The molecule has 0 bridgehead atoms. The minimum absolute atomic E-state index is 0.0614. The number of nitrogens with zero attached hydrogens (tertiary/aromatic N) is 1. The third-order valence-corrected chi connectivity index (χ3v) is 2.39. The Kier molecular flexibility index (Phi) is 2.78. The largest absolute Gasteiger partial charge is 0.507 e. The Hall–Kier alpha value is -2.37. The summed E-state index contributed by atoms with van der Waals surface area (Å²) in [5.41, 5.74) is 6.57. The number of ether oxygens (including phenoxy) is 2. The van der Waals surface area contributed by atoms with E-state index >= 15 is 0 Å². The van der Waals surface area contributed by atoms with E-state index in [1.165, 1.54) is 20.3 Å². The van der Waals surface area contributed by atoms with Crippen LogP contribution < -0.4 is 15.2 Å². The Labute approximate surface area is 98.0 Å². The maximum Gasteiger partial charge on any atom is 0.173 e. The van der Waals surface area contributed by atoms with Crippen LogP contribution in [0.3, 0.4) is 0 Å². The number of nitrogens with one attached hydrogen (secondary N) is 1. The molecular formula is C11H13N3O3. The Morgan fingerprint density at radius 1 is 1.29 bits per heavy atom. The fraction of sp³-hybridized carbons (Fsp3) is 0.182. The summed E-state index contributed by atoms with van der Waals surface area (Å²) >= 11 is 0. The fourth-order valence-corrected chi connectivity index (χ4v) is 1.64. The van der Waals surface area contributed by atoms with Crippen molar-refractivity contribution in [1.29, 1.82) is 0 Å². The van der Waals surface area contributed by atoms with Crippen molar-refractivity contribution in [3.05, 3.63) is 18.2 Å². The maximum absolute atomic E-state index is 9.88. The van der Waals surface area contributed by atoms with Gasteiger partial charge in [0.2, 0.25) is 0 Å². The van der Waals surface area contributed by atoms with Crippen LogP contribution in [0.5, 0.6) is 17.2 Å². The van der Waals surface area contributed by atoms with Crippen LogP contribution in [-0.2, 0) is 0 Å². The number of benzene rings is 1. The van der Waals surface area contributed by atoms with Gasteiger partial charge in [0.15, 0.2) is 11.5 Å². The van der Waals surface area contributed by atoms with Crippen LogP contribution in [-0.4, -0.2) is 29.5 Å². The van der Waals surface area contributed by atoms with Crippen LogP contribution in [0.25, 0.3) is 11.3 Å². The molecule has 6 heteroatoms. The van der Waals surface area contributed by atoms with Gasteiger partial charge in [-0.2, -0.15) is 5.10 Å². The van der Waals surface area contributed by atoms with E-state index in [-0.39, 0.29) is 5.75 Å². The number of hydrogen-bond donors (Lipinski definition) is 3. The molecule has 0 atom stereocenters. The summed E-state index contributed by atoms with van der Waals surface area (Å²) in [6.45, 7) is 0. The lowest BCUT2D eigenvalue weighted by molar-refractivity contribution is 0.353. The van der Waals surface area contributed by atoms with Crippen LogP contribution in [0.4, 0.5) is 5.82 Å². The molecule has 0 radical (unpaired) electrons. The number of aromatic amines is 1. The fourth-order valence-electron chi connectivity index (χ4n) is 1.64.